The number of carbonyl (C=O) groups excluding carboxylic acids is 2. The van der Waals surface area contributed by atoms with Crippen molar-refractivity contribution in [1.29, 1.82) is 0 Å². The van der Waals surface area contributed by atoms with Crippen molar-refractivity contribution < 1.29 is 33.6 Å². The molecule has 1 amide bonds. The van der Waals surface area contributed by atoms with Crippen molar-refractivity contribution >= 4 is 34.3 Å². The van der Waals surface area contributed by atoms with Gasteiger partial charge in [0.2, 0.25) is 0 Å². The maximum absolute atomic E-state index is 13.6. The van der Waals surface area contributed by atoms with E-state index in [1.807, 2.05) is 103 Å². The van der Waals surface area contributed by atoms with Crippen LogP contribution in [0.1, 0.15) is 56.1 Å². The van der Waals surface area contributed by atoms with Crippen LogP contribution < -0.4 is 26.0 Å². The van der Waals surface area contributed by atoms with Crippen molar-refractivity contribution in [3.05, 3.63) is 199 Å². The summed E-state index contributed by atoms with van der Waals surface area (Å²) in [4.78, 5) is 55.8. The van der Waals surface area contributed by atoms with Gasteiger partial charge in [-0.3, -0.25) is 28.5 Å². The zero-order valence-electron chi connectivity index (χ0n) is 34.7. The number of aliphatic hydroxyl groups excluding tert-OH is 1. The highest BCUT2D eigenvalue weighted by molar-refractivity contribution is 6.34. The Morgan fingerprint density at radius 3 is 2.05 bits per heavy atom. The normalized spacial score (nSPS) is 17.4. The van der Waals surface area contributed by atoms with Crippen LogP contribution in [0.25, 0.3) is 10.9 Å². The van der Waals surface area contributed by atoms with Crippen molar-refractivity contribution in [1.82, 2.24) is 19.4 Å². The molecule has 0 radical (unpaired) electrons. The monoisotopic (exact) mass is 868 g/mol. The molecule has 0 bridgehead atoms. The first kappa shape index (κ1) is 42.9. The second-order valence-electron chi connectivity index (χ2n) is 15.3. The van der Waals surface area contributed by atoms with Gasteiger partial charge in [0, 0.05) is 30.2 Å². The molecular formula is C49H45ClN4O9. The molecule has 1 aliphatic heterocycles. The van der Waals surface area contributed by atoms with Crippen LogP contribution in [0.3, 0.4) is 0 Å². The van der Waals surface area contributed by atoms with Crippen molar-refractivity contribution in [3.8, 4) is 11.5 Å². The molecule has 0 saturated carbocycles. The number of amides is 1. The largest absolute Gasteiger partial charge is 0.497 e. The van der Waals surface area contributed by atoms with E-state index in [1.54, 1.807) is 51.6 Å². The Balaban J connectivity index is 1.02. The number of aromatic amines is 1. The number of nitrogens with one attached hydrogen (secondary N) is 2. The molecule has 14 heteroatoms. The van der Waals surface area contributed by atoms with E-state index in [2.05, 4.69) is 10.3 Å². The van der Waals surface area contributed by atoms with Crippen LogP contribution in [-0.4, -0.2) is 70.6 Å². The number of fused-ring (bicyclic) bond motifs is 1. The second-order valence-corrected chi connectivity index (χ2v) is 15.7. The number of H-pyrrole nitrogens is 1. The second kappa shape index (κ2) is 18.3. The summed E-state index contributed by atoms with van der Waals surface area (Å²) in [5.74, 6) is -0.371. The third-order valence-electron chi connectivity index (χ3n) is 11.6. The van der Waals surface area contributed by atoms with Gasteiger partial charge in [0.25, 0.3) is 17.4 Å². The predicted octanol–water partition coefficient (Wildman–Crippen LogP) is 6.73. The minimum absolute atomic E-state index is 0.103. The number of ether oxygens (including phenoxy) is 4. The highest BCUT2D eigenvalue weighted by Gasteiger charge is 2.45. The van der Waals surface area contributed by atoms with Gasteiger partial charge in [-0.1, -0.05) is 103 Å². The van der Waals surface area contributed by atoms with E-state index in [0.29, 0.717) is 34.0 Å². The van der Waals surface area contributed by atoms with Crippen molar-refractivity contribution in [2.75, 3.05) is 27.4 Å². The molecule has 63 heavy (non-hydrogen) atoms. The van der Waals surface area contributed by atoms with E-state index in [9.17, 15) is 24.3 Å². The number of rotatable bonds is 14. The number of aliphatic hydroxyl groups is 1. The molecule has 0 spiro atoms. The van der Waals surface area contributed by atoms with Gasteiger partial charge >= 0.3 is 5.69 Å². The molecule has 1 saturated heterocycles. The summed E-state index contributed by atoms with van der Waals surface area (Å²) in [5, 5.41) is 15.6. The Bertz CT molecular complexity index is 2830. The van der Waals surface area contributed by atoms with E-state index >= 15 is 0 Å². The van der Waals surface area contributed by atoms with Crippen molar-refractivity contribution in [2.45, 2.75) is 37.4 Å². The molecule has 3 heterocycles. The van der Waals surface area contributed by atoms with Gasteiger partial charge in [0.1, 0.15) is 35.0 Å². The van der Waals surface area contributed by atoms with Crippen LogP contribution >= 0.6 is 11.6 Å². The summed E-state index contributed by atoms with van der Waals surface area (Å²) in [6.45, 7) is 1.70. The highest BCUT2D eigenvalue weighted by Crippen LogP contribution is 2.43. The first-order valence-electron chi connectivity index (χ1n) is 20.4. The van der Waals surface area contributed by atoms with Gasteiger partial charge in [-0.25, -0.2) is 4.79 Å². The fourth-order valence-corrected chi connectivity index (χ4v) is 8.47. The first-order chi connectivity index (χ1) is 30.5. The summed E-state index contributed by atoms with van der Waals surface area (Å²) in [5.41, 5.74) is 0.960. The smallest absolute Gasteiger partial charge is 0.330 e. The molecule has 7 aromatic rings. The van der Waals surface area contributed by atoms with Crippen LogP contribution in [0.5, 0.6) is 11.5 Å². The summed E-state index contributed by atoms with van der Waals surface area (Å²) in [6.07, 6.45) is 0.0774. The van der Waals surface area contributed by atoms with E-state index < -0.39 is 47.1 Å². The maximum Gasteiger partial charge on any atom is 0.330 e. The number of aromatic nitrogens is 3. The molecule has 8 rings (SSSR count). The molecule has 1 aliphatic rings. The lowest BCUT2D eigenvalue weighted by atomic mass is 9.80. The number of hydrogen-bond acceptors (Lipinski definition) is 9. The molecule has 2 aromatic heterocycles. The summed E-state index contributed by atoms with van der Waals surface area (Å²) >= 11 is 6.35. The van der Waals surface area contributed by atoms with Gasteiger partial charge in [-0.05, 0) is 71.1 Å². The molecule has 1 unspecified atom stereocenters. The maximum atomic E-state index is 13.6. The first-order valence-corrected chi connectivity index (χ1v) is 20.8. The Morgan fingerprint density at radius 2 is 1.40 bits per heavy atom. The lowest BCUT2D eigenvalue weighted by Crippen LogP contribution is -2.39. The zero-order chi connectivity index (χ0) is 44.3. The summed E-state index contributed by atoms with van der Waals surface area (Å²) < 4.78 is 27.0. The minimum Gasteiger partial charge on any atom is -0.497 e. The summed E-state index contributed by atoms with van der Waals surface area (Å²) in [6, 6.07) is 38.9. The number of hydrogen-bond donors (Lipinski definition) is 3. The van der Waals surface area contributed by atoms with Crippen LogP contribution in [-0.2, 0) is 21.5 Å². The lowest BCUT2D eigenvalue weighted by Gasteiger charge is -2.37. The van der Waals surface area contributed by atoms with Crippen LogP contribution in [0.4, 0.5) is 0 Å². The lowest BCUT2D eigenvalue weighted by molar-refractivity contribution is -0.0948. The van der Waals surface area contributed by atoms with Crippen molar-refractivity contribution in [2.24, 2.45) is 5.92 Å². The number of benzene rings is 5. The molecule has 1 fully saturated rings. The van der Waals surface area contributed by atoms with Crippen LogP contribution in [0.2, 0.25) is 5.02 Å². The van der Waals surface area contributed by atoms with E-state index in [4.69, 9.17) is 30.5 Å². The van der Waals surface area contributed by atoms with Gasteiger partial charge in [0.05, 0.1) is 43.0 Å². The van der Waals surface area contributed by atoms with Gasteiger partial charge in [-0.15, -0.1) is 0 Å². The van der Waals surface area contributed by atoms with E-state index in [-0.39, 0.29) is 24.6 Å². The molecule has 4 atom stereocenters. The minimum atomic E-state index is -1.20. The number of carbonyl (C=O) groups is 2. The quantitative estimate of drug-likeness (QED) is 0.101. The van der Waals surface area contributed by atoms with Crippen molar-refractivity contribution in [3.63, 3.8) is 0 Å². The van der Waals surface area contributed by atoms with E-state index in [0.717, 1.165) is 38.4 Å². The fourth-order valence-electron chi connectivity index (χ4n) is 8.25. The third kappa shape index (κ3) is 8.31. The topological polar surface area (TPSA) is 163 Å². The number of methoxy groups -OCH3 is 2. The van der Waals surface area contributed by atoms with Crippen LogP contribution in [0.15, 0.2) is 149 Å². The third-order valence-corrected chi connectivity index (χ3v) is 11.9. The van der Waals surface area contributed by atoms with Crippen LogP contribution in [0, 0.1) is 5.92 Å². The molecule has 3 N–H and O–H groups in total. The highest BCUT2D eigenvalue weighted by atomic mass is 35.5. The Labute approximate surface area is 367 Å². The van der Waals surface area contributed by atoms with E-state index in [1.165, 1.54) is 4.57 Å². The average Bonchev–Trinajstić information content (AvgIpc) is 3.82. The molecule has 0 aliphatic carbocycles. The van der Waals surface area contributed by atoms with Gasteiger partial charge in [0.15, 0.2) is 0 Å². The number of nitrogens with zero attached hydrogens (tertiary/aromatic N) is 2. The zero-order valence-corrected chi connectivity index (χ0v) is 35.5. The van der Waals surface area contributed by atoms with Gasteiger partial charge < -0.3 is 29.4 Å². The van der Waals surface area contributed by atoms with Gasteiger partial charge in [-0.2, -0.15) is 0 Å². The fraction of sp³-hybridized carbons (Fsp3) is 0.224. The average molecular weight is 869 g/mol. The molecule has 13 nitrogen and oxygen atoms in total. The molecular weight excluding hydrogens is 824 g/mol. The number of para-hydroxylation sites is 1. The standard InChI is InChI=1S/C49H45ClN4O9/c1-30-43(55)42(29-62-49(32-11-5-4-6-12-32,33-17-21-35(60-2)22-18-33)34-19-23-36(61-3)24-20-34)63-47(30)54-28-39(45(57)52-48(54)59)44(56)51-26-25-31-27-53(41-16-10-8-13-37(31)41)46(58)38-14-7-9-15-40(38)50/h4-24,27-28,30,42-43,47,55H,25-26,29H2,1-3H3,(H,51,56)(H,52,57,59)/t30-,42+,43?,47+/m0/s1. The predicted molar refractivity (Wildman–Crippen MR) is 238 cm³/mol. The Hall–Kier alpha value is -6.77. The SMILES string of the molecule is COc1ccc(C(OC[C@H]2O[C@@H](n3cc(C(=O)NCCc4cn(C(=O)c5ccccc5Cl)c5ccccc45)c(=O)[nH]c3=O)[C@@H](C)C2O)(c2ccccc2)c2ccc(OC)cc2)cc1. The molecule has 322 valence electrons. The Kier molecular flexibility index (Phi) is 12.5. The summed E-state index contributed by atoms with van der Waals surface area (Å²) in [7, 11) is 3.19. The Morgan fingerprint density at radius 1 is 0.794 bits per heavy atom. The molecule has 5 aromatic carbocycles. The number of halogens is 1.